The summed E-state index contributed by atoms with van der Waals surface area (Å²) < 4.78 is 10.8. The van der Waals surface area contributed by atoms with Crippen LogP contribution in [0.2, 0.25) is 0 Å². The molecule has 0 unspecified atom stereocenters. The summed E-state index contributed by atoms with van der Waals surface area (Å²) in [5, 5.41) is 10.9. The van der Waals surface area contributed by atoms with Gasteiger partial charge in [-0.05, 0) is 35.4 Å². The topological polar surface area (TPSA) is 61.6 Å². The number of hydrogen-bond acceptors (Lipinski definition) is 4. The van der Waals surface area contributed by atoms with E-state index >= 15 is 0 Å². The number of ether oxygens (including phenoxy) is 2. The fourth-order valence-electron chi connectivity index (χ4n) is 1.90. The van der Waals surface area contributed by atoms with E-state index < -0.39 is 4.92 Å². The molecule has 0 aliphatic heterocycles. The van der Waals surface area contributed by atoms with Crippen LogP contribution in [0.5, 0.6) is 11.5 Å². The van der Waals surface area contributed by atoms with Gasteiger partial charge in [-0.15, -0.1) is 0 Å². The molecule has 21 heavy (non-hydrogen) atoms. The van der Waals surface area contributed by atoms with Crippen LogP contribution in [0.15, 0.2) is 49.0 Å². The Morgan fingerprint density at radius 1 is 1.29 bits per heavy atom. The van der Waals surface area contributed by atoms with Crippen LogP contribution in [0.1, 0.15) is 11.1 Å². The number of benzene rings is 2. The number of nitro groups is 1. The van der Waals surface area contributed by atoms with Gasteiger partial charge in [0.05, 0.1) is 12.0 Å². The first kappa shape index (κ1) is 14.6. The van der Waals surface area contributed by atoms with Gasteiger partial charge in [-0.1, -0.05) is 24.8 Å². The maximum absolute atomic E-state index is 10.9. The summed E-state index contributed by atoms with van der Waals surface area (Å²) in [5.74, 6) is 0.930. The van der Waals surface area contributed by atoms with Crippen LogP contribution in [0.3, 0.4) is 0 Å². The van der Waals surface area contributed by atoms with Gasteiger partial charge in [0.25, 0.3) is 0 Å². The van der Waals surface area contributed by atoms with Crippen molar-refractivity contribution in [2.45, 2.75) is 6.61 Å². The Bertz CT molecular complexity index is 667. The number of hydrogen-bond donors (Lipinski definition) is 0. The molecule has 0 bridgehead atoms. The van der Waals surface area contributed by atoms with E-state index in [1.807, 2.05) is 18.2 Å². The van der Waals surface area contributed by atoms with Crippen LogP contribution < -0.4 is 9.47 Å². The molecule has 2 aromatic carbocycles. The second-order valence-corrected chi connectivity index (χ2v) is 4.33. The Morgan fingerprint density at radius 2 is 2.05 bits per heavy atom. The third-order valence-corrected chi connectivity index (χ3v) is 2.92. The summed E-state index contributed by atoms with van der Waals surface area (Å²) in [4.78, 5) is 10.5. The number of rotatable bonds is 6. The van der Waals surface area contributed by atoms with E-state index in [9.17, 15) is 10.1 Å². The van der Waals surface area contributed by atoms with Gasteiger partial charge in [-0.2, -0.15) is 0 Å². The predicted molar refractivity (Wildman–Crippen MR) is 80.5 cm³/mol. The van der Waals surface area contributed by atoms with E-state index in [2.05, 4.69) is 6.58 Å². The van der Waals surface area contributed by atoms with E-state index in [4.69, 9.17) is 9.47 Å². The van der Waals surface area contributed by atoms with E-state index in [1.165, 1.54) is 6.07 Å². The van der Waals surface area contributed by atoms with Gasteiger partial charge >= 0.3 is 5.69 Å². The van der Waals surface area contributed by atoms with Crippen LogP contribution in [-0.2, 0) is 6.61 Å². The van der Waals surface area contributed by atoms with Gasteiger partial charge in [0.2, 0.25) is 0 Å². The zero-order valence-corrected chi connectivity index (χ0v) is 11.6. The maximum atomic E-state index is 10.9. The Morgan fingerprint density at radius 3 is 2.71 bits per heavy atom. The van der Waals surface area contributed by atoms with E-state index in [0.29, 0.717) is 5.75 Å². The van der Waals surface area contributed by atoms with Crippen molar-refractivity contribution in [1.82, 2.24) is 0 Å². The highest BCUT2D eigenvalue weighted by Gasteiger charge is 2.13. The van der Waals surface area contributed by atoms with Crippen LogP contribution in [0.4, 0.5) is 5.69 Å². The summed E-state index contributed by atoms with van der Waals surface area (Å²) >= 11 is 0. The van der Waals surface area contributed by atoms with Crippen molar-refractivity contribution < 1.29 is 14.4 Å². The Hall–Kier alpha value is -2.82. The lowest BCUT2D eigenvalue weighted by Crippen LogP contribution is -1.99. The summed E-state index contributed by atoms with van der Waals surface area (Å²) in [6.07, 6.45) is 1.71. The highest BCUT2D eigenvalue weighted by Crippen LogP contribution is 2.27. The normalized spacial score (nSPS) is 9.95. The smallest absolute Gasteiger partial charge is 0.310 e. The third-order valence-electron chi connectivity index (χ3n) is 2.92. The van der Waals surface area contributed by atoms with Crippen molar-refractivity contribution in [2.75, 3.05) is 7.11 Å². The summed E-state index contributed by atoms with van der Waals surface area (Å²) in [6, 6.07) is 11.9. The Labute approximate surface area is 122 Å². The lowest BCUT2D eigenvalue weighted by molar-refractivity contribution is -0.385. The van der Waals surface area contributed by atoms with Crippen LogP contribution >= 0.6 is 0 Å². The lowest BCUT2D eigenvalue weighted by Gasteiger charge is -2.09. The average Bonchev–Trinajstić information content (AvgIpc) is 2.52. The number of para-hydroxylation sites is 2. The largest absolute Gasteiger partial charge is 0.497 e. The minimum atomic E-state index is -0.462. The maximum Gasteiger partial charge on any atom is 0.310 e. The standard InChI is InChI=1S/C16H15NO4/c1-3-12-8-13(10-14(9-12)20-2)11-21-16-7-5-4-6-15(16)17(18)19/h3-10H,1,11H2,2H3. The molecule has 5 heteroatoms. The van der Waals surface area contributed by atoms with Crippen molar-refractivity contribution in [3.63, 3.8) is 0 Å². The molecule has 0 aliphatic rings. The number of nitro benzene ring substituents is 1. The average molecular weight is 285 g/mol. The molecule has 0 saturated heterocycles. The third kappa shape index (κ3) is 3.60. The van der Waals surface area contributed by atoms with Gasteiger partial charge in [-0.25, -0.2) is 0 Å². The van der Waals surface area contributed by atoms with Crippen molar-refractivity contribution in [2.24, 2.45) is 0 Å². The number of methoxy groups -OCH3 is 1. The SMILES string of the molecule is C=Cc1cc(COc2ccccc2[N+](=O)[O-])cc(OC)c1. The fourth-order valence-corrected chi connectivity index (χ4v) is 1.90. The molecule has 0 heterocycles. The molecule has 2 rings (SSSR count). The summed E-state index contributed by atoms with van der Waals surface area (Å²) in [6.45, 7) is 3.93. The molecule has 0 radical (unpaired) electrons. The fraction of sp³-hybridized carbons (Fsp3) is 0.125. The molecule has 0 fully saturated rings. The van der Waals surface area contributed by atoms with E-state index in [0.717, 1.165) is 11.1 Å². The first-order valence-corrected chi connectivity index (χ1v) is 6.30. The van der Waals surface area contributed by atoms with Crippen LogP contribution in [-0.4, -0.2) is 12.0 Å². The minimum Gasteiger partial charge on any atom is -0.497 e. The molecule has 108 valence electrons. The second-order valence-electron chi connectivity index (χ2n) is 4.33. The Balaban J connectivity index is 2.20. The van der Waals surface area contributed by atoms with Gasteiger partial charge in [-0.3, -0.25) is 10.1 Å². The van der Waals surface area contributed by atoms with E-state index in [-0.39, 0.29) is 18.0 Å². The monoisotopic (exact) mass is 285 g/mol. The van der Waals surface area contributed by atoms with Crippen LogP contribution in [0, 0.1) is 10.1 Å². The number of nitrogens with zero attached hydrogens (tertiary/aromatic N) is 1. The summed E-state index contributed by atoms with van der Waals surface area (Å²) in [7, 11) is 1.58. The predicted octanol–water partition coefficient (Wildman–Crippen LogP) is 3.83. The molecule has 0 spiro atoms. The highest BCUT2D eigenvalue weighted by molar-refractivity contribution is 5.52. The molecule has 0 aromatic heterocycles. The molecule has 0 N–H and O–H groups in total. The first-order valence-electron chi connectivity index (χ1n) is 6.30. The quantitative estimate of drug-likeness (QED) is 0.598. The zero-order valence-electron chi connectivity index (χ0n) is 11.6. The van der Waals surface area contributed by atoms with E-state index in [1.54, 1.807) is 31.4 Å². The van der Waals surface area contributed by atoms with Crippen LogP contribution in [0.25, 0.3) is 6.08 Å². The molecule has 0 atom stereocenters. The van der Waals surface area contributed by atoms with Gasteiger partial charge in [0.1, 0.15) is 12.4 Å². The molecule has 5 nitrogen and oxygen atoms in total. The molecular formula is C16H15NO4. The van der Waals surface area contributed by atoms with Crippen molar-refractivity contribution in [3.05, 3.63) is 70.3 Å². The summed E-state index contributed by atoms with van der Waals surface area (Å²) in [5.41, 5.74) is 1.70. The Kier molecular flexibility index (Phi) is 4.56. The molecular weight excluding hydrogens is 270 g/mol. The first-order chi connectivity index (χ1) is 10.1. The van der Waals surface area contributed by atoms with Crippen molar-refractivity contribution >= 4 is 11.8 Å². The molecule has 0 aliphatic carbocycles. The highest BCUT2D eigenvalue weighted by atomic mass is 16.6. The lowest BCUT2D eigenvalue weighted by atomic mass is 10.1. The minimum absolute atomic E-state index is 0.0515. The van der Waals surface area contributed by atoms with Crippen molar-refractivity contribution in [3.8, 4) is 11.5 Å². The second kappa shape index (κ2) is 6.56. The molecule has 0 saturated carbocycles. The van der Waals surface area contributed by atoms with Gasteiger partial charge in [0, 0.05) is 6.07 Å². The zero-order chi connectivity index (χ0) is 15.2. The molecule has 2 aromatic rings. The van der Waals surface area contributed by atoms with Gasteiger partial charge in [0.15, 0.2) is 5.75 Å². The van der Waals surface area contributed by atoms with Gasteiger partial charge < -0.3 is 9.47 Å². The van der Waals surface area contributed by atoms with Crippen molar-refractivity contribution in [1.29, 1.82) is 0 Å². The molecule has 0 amide bonds.